The lowest BCUT2D eigenvalue weighted by Gasteiger charge is -2.34. The lowest BCUT2D eigenvalue weighted by atomic mass is 9.67. The number of para-hydroxylation sites is 2. The van der Waals surface area contributed by atoms with Gasteiger partial charge in [0.1, 0.15) is 22.3 Å². The van der Waals surface area contributed by atoms with E-state index < -0.39 is 5.41 Å². The molecule has 0 spiro atoms. The van der Waals surface area contributed by atoms with Gasteiger partial charge < -0.3 is 13.7 Å². The molecule has 3 nitrogen and oxygen atoms in total. The first kappa shape index (κ1) is 28.9. The van der Waals surface area contributed by atoms with Crippen LogP contribution in [0.4, 0.5) is 17.1 Å². The fourth-order valence-corrected chi connectivity index (χ4v) is 8.73. The molecule has 0 atom stereocenters. The van der Waals surface area contributed by atoms with E-state index in [0.29, 0.717) is 0 Å². The largest absolute Gasteiger partial charge is 0.456 e. The van der Waals surface area contributed by atoms with E-state index in [0.717, 1.165) is 55.7 Å². The lowest BCUT2D eigenvalue weighted by molar-refractivity contribution is 0.663. The maximum atomic E-state index is 6.35. The van der Waals surface area contributed by atoms with Crippen molar-refractivity contribution in [2.75, 3.05) is 4.90 Å². The quantitative estimate of drug-likeness (QED) is 0.177. The van der Waals surface area contributed by atoms with Crippen LogP contribution < -0.4 is 4.90 Å². The minimum Gasteiger partial charge on any atom is -0.456 e. The molecule has 2 aromatic heterocycles. The number of fused-ring (bicyclic) bond motifs is 3. The monoisotopic (exact) mass is 665 g/mol. The standard InChI is InChI=1S/C49H31NO2/c1-3-13-34(14-4-1)49(41-19-10-22-44-47(41)48-42(49)20-11-23-45(48)52-44)35-15-9-12-33(30-35)32-24-26-37(27-25-32)50(36-16-5-2-6-17-36)38-28-29-40-39-18-7-8-21-43(39)51-46(40)31-38/h1-31H. The van der Waals surface area contributed by atoms with E-state index in [-0.39, 0.29) is 0 Å². The number of benzene rings is 8. The molecular formula is C49H31NO2. The first-order chi connectivity index (χ1) is 25.8. The van der Waals surface area contributed by atoms with Crippen LogP contribution in [0.3, 0.4) is 0 Å². The van der Waals surface area contributed by atoms with Crippen molar-refractivity contribution < 1.29 is 8.83 Å². The molecule has 0 saturated heterocycles. The molecule has 1 aliphatic carbocycles. The topological polar surface area (TPSA) is 29.5 Å². The summed E-state index contributed by atoms with van der Waals surface area (Å²) in [6.07, 6.45) is 0. The second kappa shape index (κ2) is 11.1. The van der Waals surface area contributed by atoms with Gasteiger partial charge in [0.15, 0.2) is 0 Å². The van der Waals surface area contributed by atoms with Gasteiger partial charge in [-0.1, -0.05) is 121 Å². The van der Waals surface area contributed by atoms with Crippen molar-refractivity contribution >= 4 is 60.9 Å². The highest BCUT2D eigenvalue weighted by Crippen LogP contribution is 2.57. The second-order valence-corrected chi connectivity index (χ2v) is 13.7. The highest BCUT2D eigenvalue weighted by atomic mass is 16.3. The summed E-state index contributed by atoms with van der Waals surface area (Å²) in [5.41, 5.74) is 13.7. The third-order valence-corrected chi connectivity index (χ3v) is 10.9. The number of furan rings is 2. The normalized spacial score (nSPS) is 13.2. The van der Waals surface area contributed by atoms with Crippen LogP contribution in [-0.2, 0) is 5.41 Å². The van der Waals surface area contributed by atoms with Crippen molar-refractivity contribution in [1.29, 1.82) is 0 Å². The lowest BCUT2D eigenvalue weighted by Crippen LogP contribution is -2.28. The van der Waals surface area contributed by atoms with Crippen LogP contribution in [0, 0.1) is 0 Å². The maximum Gasteiger partial charge on any atom is 0.137 e. The molecule has 0 bridgehead atoms. The van der Waals surface area contributed by atoms with Gasteiger partial charge in [-0.05, 0) is 94.0 Å². The summed E-state index contributed by atoms with van der Waals surface area (Å²) in [4.78, 5) is 2.29. The molecule has 0 saturated carbocycles. The van der Waals surface area contributed by atoms with E-state index in [1.165, 1.54) is 38.6 Å². The van der Waals surface area contributed by atoms with E-state index >= 15 is 0 Å². The highest BCUT2D eigenvalue weighted by Gasteiger charge is 2.46. The van der Waals surface area contributed by atoms with Crippen LogP contribution in [0.2, 0.25) is 0 Å². The summed E-state index contributed by atoms with van der Waals surface area (Å²) >= 11 is 0. The van der Waals surface area contributed by atoms with Gasteiger partial charge in [-0.2, -0.15) is 0 Å². The predicted molar refractivity (Wildman–Crippen MR) is 213 cm³/mol. The number of rotatable bonds is 6. The van der Waals surface area contributed by atoms with Crippen LogP contribution in [0.1, 0.15) is 22.3 Å². The zero-order valence-corrected chi connectivity index (χ0v) is 28.2. The Balaban J connectivity index is 1.04. The average molecular weight is 666 g/mol. The van der Waals surface area contributed by atoms with Crippen molar-refractivity contribution in [3.05, 3.63) is 210 Å². The Bertz CT molecular complexity index is 2900. The Morgan fingerprint density at radius 1 is 0.346 bits per heavy atom. The molecule has 0 N–H and O–H groups in total. The molecule has 0 unspecified atom stereocenters. The number of hydrogen-bond donors (Lipinski definition) is 0. The van der Waals surface area contributed by atoms with Gasteiger partial charge >= 0.3 is 0 Å². The maximum absolute atomic E-state index is 6.35. The summed E-state index contributed by atoms with van der Waals surface area (Å²) < 4.78 is 12.7. The van der Waals surface area contributed by atoms with Gasteiger partial charge in [-0.25, -0.2) is 0 Å². The minimum absolute atomic E-state index is 0.475. The number of anilines is 3. The number of hydrogen-bond acceptors (Lipinski definition) is 3. The number of nitrogens with zero attached hydrogens (tertiary/aromatic N) is 1. The van der Waals surface area contributed by atoms with Crippen molar-refractivity contribution in [2.45, 2.75) is 5.41 Å². The van der Waals surface area contributed by atoms with E-state index in [1.54, 1.807) is 0 Å². The molecule has 0 fully saturated rings. The summed E-state index contributed by atoms with van der Waals surface area (Å²) in [6.45, 7) is 0. The van der Waals surface area contributed by atoms with E-state index in [1.807, 2.05) is 12.1 Å². The minimum atomic E-state index is -0.475. The summed E-state index contributed by atoms with van der Waals surface area (Å²) in [5, 5.41) is 4.68. The Morgan fingerprint density at radius 2 is 0.904 bits per heavy atom. The zero-order chi connectivity index (χ0) is 34.2. The van der Waals surface area contributed by atoms with Gasteiger partial charge in [0.05, 0.1) is 5.41 Å². The highest BCUT2D eigenvalue weighted by molar-refractivity contribution is 6.14. The SMILES string of the molecule is c1ccc(N(c2ccc(-c3cccc(C4(c5ccccc5)c5cccc6oc7cccc4c7c56)c3)cc2)c2ccc3c(c2)oc2ccccc23)cc1. The molecule has 52 heavy (non-hydrogen) atoms. The molecule has 10 aromatic rings. The van der Waals surface area contributed by atoms with Gasteiger partial charge in [0.25, 0.3) is 0 Å². The summed E-state index contributed by atoms with van der Waals surface area (Å²) in [5.74, 6) is 0. The average Bonchev–Trinajstić information content (AvgIpc) is 3.88. The molecule has 0 radical (unpaired) electrons. The Morgan fingerprint density at radius 3 is 1.65 bits per heavy atom. The fraction of sp³-hybridized carbons (Fsp3) is 0.0204. The fourth-order valence-electron chi connectivity index (χ4n) is 8.73. The molecule has 11 rings (SSSR count). The van der Waals surface area contributed by atoms with Crippen LogP contribution in [0.15, 0.2) is 197 Å². The van der Waals surface area contributed by atoms with Crippen molar-refractivity contribution in [3.8, 4) is 11.1 Å². The summed E-state index contributed by atoms with van der Waals surface area (Å²) in [7, 11) is 0. The molecule has 3 heteroatoms. The van der Waals surface area contributed by atoms with E-state index in [4.69, 9.17) is 8.83 Å². The molecule has 8 aromatic carbocycles. The third-order valence-electron chi connectivity index (χ3n) is 10.9. The van der Waals surface area contributed by atoms with Crippen LogP contribution in [0.5, 0.6) is 0 Å². The Hall–Kier alpha value is -6.84. The van der Waals surface area contributed by atoms with Gasteiger partial charge in [-0.3, -0.25) is 0 Å². The van der Waals surface area contributed by atoms with Gasteiger partial charge in [0, 0.05) is 44.7 Å². The van der Waals surface area contributed by atoms with E-state index in [9.17, 15) is 0 Å². The van der Waals surface area contributed by atoms with Crippen LogP contribution >= 0.6 is 0 Å². The molecule has 0 amide bonds. The van der Waals surface area contributed by atoms with Crippen LogP contribution in [-0.4, -0.2) is 0 Å². The van der Waals surface area contributed by atoms with Gasteiger partial charge in [-0.15, -0.1) is 0 Å². The Labute approximate surface area is 300 Å². The first-order valence-electron chi connectivity index (χ1n) is 17.8. The third kappa shape index (κ3) is 4.08. The first-order valence-corrected chi connectivity index (χ1v) is 17.8. The van der Waals surface area contributed by atoms with Gasteiger partial charge in [0.2, 0.25) is 0 Å². The van der Waals surface area contributed by atoms with Crippen molar-refractivity contribution in [3.63, 3.8) is 0 Å². The van der Waals surface area contributed by atoms with E-state index in [2.05, 4.69) is 181 Å². The Kier molecular flexibility index (Phi) is 6.17. The second-order valence-electron chi connectivity index (χ2n) is 13.7. The molecule has 1 aliphatic rings. The smallest absolute Gasteiger partial charge is 0.137 e. The predicted octanol–water partition coefficient (Wildman–Crippen LogP) is 13.3. The van der Waals surface area contributed by atoms with Crippen molar-refractivity contribution in [1.82, 2.24) is 0 Å². The molecular weight excluding hydrogens is 635 g/mol. The van der Waals surface area contributed by atoms with Crippen LogP contribution in [0.25, 0.3) is 55.0 Å². The molecule has 0 aliphatic heterocycles. The summed E-state index contributed by atoms with van der Waals surface area (Å²) in [6, 6.07) is 67.2. The molecule has 2 heterocycles. The van der Waals surface area contributed by atoms with Crippen molar-refractivity contribution in [2.24, 2.45) is 0 Å². The zero-order valence-electron chi connectivity index (χ0n) is 28.2. The molecule has 244 valence electrons.